The zero-order chi connectivity index (χ0) is 15.1. The minimum absolute atomic E-state index is 0.0980. The highest BCUT2D eigenvalue weighted by Crippen LogP contribution is 2.33. The average molecular weight is 288 g/mol. The van der Waals surface area contributed by atoms with Gasteiger partial charge in [0.1, 0.15) is 0 Å². The van der Waals surface area contributed by atoms with E-state index in [2.05, 4.69) is 11.4 Å². The average Bonchev–Trinajstić information content (AvgIpc) is 2.51. The minimum Gasteiger partial charge on any atom is -0.490 e. The van der Waals surface area contributed by atoms with Crippen LogP contribution in [0.4, 0.5) is 5.69 Å². The van der Waals surface area contributed by atoms with Crippen molar-refractivity contribution in [3.8, 4) is 17.6 Å². The van der Waals surface area contributed by atoms with Crippen LogP contribution in [0.5, 0.6) is 11.5 Å². The molecule has 1 N–H and O–H groups in total. The van der Waals surface area contributed by atoms with Crippen LogP contribution in [0, 0.1) is 17.2 Å². The van der Waals surface area contributed by atoms with Crippen molar-refractivity contribution in [1.82, 2.24) is 0 Å². The molecule has 4 nitrogen and oxygen atoms in total. The van der Waals surface area contributed by atoms with E-state index in [1.807, 2.05) is 32.0 Å². The van der Waals surface area contributed by atoms with Crippen molar-refractivity contribution < 1.29 is 9.47 Å². The fraction of sp³-hybridized carbons (Fsp3) is 0.588. The molecule has 0 spiro atoms. The molecule has 0 aliphatic heterocycles. The van der Waals surface area contributed by atoms with Gasteiger partial charge in [0.25, 0.3) is 0 Å². The lowest BCUT2D eigenvalue weighted by Crippen LogP contribution is -2.31. The smallest absolute Gasteiger partial charge is 0.163 e. The maximum Gasteiger partial charge on any atom is 0.163 e. The van der Waals surface area contributed by atoms with E-state index in [0.29, 0.717) is 13.2 Å². The van der Waals surface area contributed by atoms with Gasteiger partial charge >= 0.3 is 0 Å². The van der Waals surface area contributed by atoms with Gasteiger partial charge in [0.05, 0.1) is 25.2 Å². The molecule has 1 aromatic rings. The zero-order valence-electron chi connectivity index (χ0n) is 12.9. The number of hydrogen-bond donors (Lipinski definition) is 1. The fourth-order valence-electron chi connectivity index (χ4n) is 2.81. The monoisotopic (exact) mass is 288 g/mol. The Hall–Kier alpha value is -1.89. The number of rotatable bonds is 6. The van der Waals surface area contributed by atoms with Crippen molar-refractivity contribution in [2.45, 2.75) is 45.6 Å². The van der Waals surface area contributed by atoms with E-state index >= 15 is 0 Å². The second-order valence-corrected chi connectivity index (χ2v) is 5.30. The SMILES string of the molecule is CCOc1ccc(NC2CCCCC2C#N)cc1OCC. The summed E-state index contributed by atoms with van der Waals surface area (Å²) in [5.41, 5.74) is 0.994. The number of hydrogen-bond acceptors (Lipinski definition) is 4. The van der Waals surface area contributed by atoms with Crippen LogP contribution in [0.1, 0.15) is 39.5 Å². The van der Waals surface area contributed by atoms with Gasteiger partial charge in [-0.2, -0.15) is 5.26 Å². The molecule has 21 heavy (non-hydrogen) atoms. The van der Waals surface area contributed by atoms with Gasteiger partial charge in [0.2, 0.25) is 0 Å². The van der Waals surface area contributed by atoms with Gasteiger partial charge < -0.3 is 14.8 Å². The Kier molecular flexibility index (Phi) is 5.74. The van der Waals surface area contributed by atoms with Crippen molar-refractivity contribution in [2.75, 3.05) is 18.5 Å². The summed E-state index contributed by atoms with van der Waals surface area (Å²) < 4.78 is 11.2. The number of ether oxygens (including phenoxy) is 2. The third kappa shape index (κ3) is 4.04. The molecular weight excluding hydrogens is 264 g/mol. The molecule has 2 rings (SSSR count). The van der Waals surface area contributed by atoms with E-state index in [1.54, 1.807) is 0 Å². The molecule has 4 heteroatoms. The standard InChI is InChI=1S/C17H24N2O2/c1-3-20-16-10-9-14(11-17(16)21-4-2)19-15-8-6-5-7-13(15)12-18/h9-11,13,15,19H,3-8H2,1-2H3. The number of nitrogens with zero attached hydrogens (tertiary/aromatic N) is 1. The Morgan fingerprint density at radius 1 is 1.14 bits per heavy atom. The third-order valence-corrected chi connectivity index (χ3v) is 3.83. The van der Waals surface area contributed by atoms with Crippen molar-refractivity contribution in [3.63, 3.8) is 0 Å². The maximum atomic E-state index is 9.26. The summed E-state index contributed by atoms with van der Waals surface area (Å²) in [6.45, 7) is 5.14. The van der Waals surface area contributed by atoms with E-state index in [1.165, 1.54) is 6.42 Å². The molecule has 0 heterocycles. The van der Waals surface area contributed by atoms with Crippen LogP contribution in [-0.4, -0.2) is 19.3 Å². The first kappa shape index (κ1) is 15.5. The van der Waals surface area contributed by atoms with E-state index < -0.39 is 0 Å². The quantitative estimate of drug-likeness (QED) is 0.860. The lowest BCUT2D eigenvalue weighted by Gasteiger charge is -2.28. The van der Waals surface area contributed by atoms with Gasteiger partial charge in [-0.05, 0) is 38.8 Å². The first-order valence-electron chi connectivity index (χ1n) is 7.84. The Balaban J connectivity index is 2.12. The van der Waals surface area contributed by atoms with Crippen LogP contribution < -0.4 is 14.8 Å². The highest BCUT2D eigenvalue weighted by molar-refractivity contribution is 5.55. The largest absolute Gasteiger partial charge is 0.490 e. The van der Waals surface area contributed by atoms with Crippen LogP contribution in [0.15, 0.2) is 18.2 Å². The first-order valence-corrected chi connectivity index (χ1v) is 7.84. The number of nitrogens with one attached hydrogen (secondary N) is 1. The molecule has 1 aliphatic rings. The Morgan fingerprint density at radius 2 is 1.86 bits per heavy atom. The van der Waals surface area contributed by atoms with Crippen molar-refractivity contribution >= 4 is 5.69 Å². The number of nitriles is 1. The third-order valence-electron chi connectivity index (χ3n) is 3.83. The van der Waals surface area contributed by atoms with E-state index in [-0.39, 0.29) is 12.0 Å². The zero-order valence-corrected chi connectivity index (χ0v) is 12.9. The van der Waals surface area contributed by atoms with Gasteiger partial charge in [0, 0.05) is 17.8 Å². The predicted molar refractivity (Wildman–Crippen MR) is 83.8 cm³/mol. The first-order chi connectivity index (χ1) is 10.3. The molecule has 1 saturated carbocycles. The van der Waals surface area contributed by atoms with Crippen LogP contribution in [0.3, 0.4) is 0 Å². The molecule has 0 amide bonds. The van der Waals surface area contributed by atoms with Crippen LogP contribution in [0.2, 0.25) is 0 Å². The Bertz CT molecular complexity index is 496. The Morgan fingerprint density at radius 3 is 2.57 bits per heavy atom. The molecular formula is C17H24N2O2. The van der Waals surface area contributed by atoms with Gasteiger partial charge in [-0.15, -0.1) is 0 Å². The number of anilines is 1. The summed E-state index contributed by atoms with van der Waals surface area (Å²) in [6, 6.07) is 8.56. The van der Waals surface area contributed by atoms with Crippen molar-refractivity contribution in [1.29, 1.82) is 5.26 Å². The summed E-state index contributed by atoms with van der Waals surface area (Å²) in [5, 5.41) is 12.7. The topological polar surface area (TPSA) is 54.3 Å². The van der Waals surface area contributed by atoms with Gasteiger partial charge in [-0.3, -0.25) is 0 Å². The maximum absolute atomic E-state index is 9.26. The molecule has 2 atom stereocenters. The molecule has 0 saturated heterocycles. The van der Waals surface area contributed by atoms with E-state index in [9.17, 15) is 5.26 Å². The van der Waals surface area contributed by atoms with Crippen LogP contribution >= 0.6 is 0 Å². The molecule has 0 aromatic heterocycles. The summed E-state index contributed by atoms with van der Waals surface area (Å²) in [7, 11) is 0. The Labute approximate surface area is 127 Å². The van der Waals surface area contributed by atoms with Gasteiger partial charge in [-0.1, -0.05) is 12.8 Å². The second-order valence-electron chi connectivity index (χ2n) is 5.30. The normalized spacial score (nSPS) is 21.4. The summed E-state index contributed by atoms with van der Waals surface area (Å²) >= 11 is 0. The van der Waals surface area contributed by atoms with Crippen molar-refractivity contribution in [2.24, 2.45) is 5.92 Å². The molecule has 1 aromatic carbocycles. The minimum atomic E-state index is 0.0980. The van der Waals surface area contributed by atoms with Crippen LogP contribution in [-0.2, 0) is 0 Å². The highest BCUT2D eigenvalue weighted by Gasteiger charge is 2.24. The van der Waals surface area contributed by atoms with E-state index in [0.717, 1.165) is 36.4 Å². The summed E-state index contributed by atoms with van der Waals surface area (Å²) in [6.07, 6.45) is 4.38. The molecule has 114 valence electrons. The molecule has 1 aliphatic carbocycles. The fourth-order valence-corrected chi connectivity index (χ4v) is 2.81. The lowest BCUT2D eigenvalue weighted by atomic mass is 9.85. The van der Waals surface area contributed by atoms with Gasteiger partial charge in [0.15, 0.2) is 11.5 Å². The summed E-state index contributed by atoms with van der Waals surface area (Å²) in [4.78, 5) is 0. The molecule has 2 unspecified atom stereocenters. The molecule has 1 fully saturated rings. The van der Waals surface area contributed by atoms with Gasteiger partial charge in [-0.25, -0.2) is 0 Å². The summed E-state index contributed by atoms with van der Waals surface area (Å²) in [5.74, 6) is 1.62. The number of benzene rings is 1. The van der Waals surface area contributed by atoms with E-state index in [4.69, 9.17) is 9.47 Å². The lowest BCUT2D eigenvalue weighted by molar-refractivity contribution is 0.288. The van der Waals surface area contributed by atoms with Crippen LogP contribution in [0.25, 0.3) is 0 Å². The second kappa shape index (κ2) is 7.78. The molecule has 0 radical (unpaired) electrons. The highest BCUT2D eigenvalue weighted by atomic mass is 16.5. The molecule has 0 bridgehead atoms. The van der Waals surface area contributed by atoms with Crippen molar-refractivity contribution in [3.05, 3.63) is 18.2 Å². The predicted octanol–water partition coefficient (Wildman–Crippen LogP) is 3.98.